The van der Waals surface area contributed by atoms with Crippen LogP contribution in [0.2, 0.25) is 0 Å². The fourth-order valence-electron chi connectivity index (χ4n) is 3.86. The number of amides is 1. The van der Waals surface area contributed by atoms with E-state index in [1.54, 1.807) is 11.8 Å². The van der Waals surface area contributed by atoms with E-state index in [0.717, 1.165) is 30.0 Å². The minimum absolute atomic E-state index is 0.0675. The van der Waals surface area contributed by atoms with Crippen LogP contribution in [0.3, 0.4) is 0 Å². The second kappa shape index (κ2) is 8.90. The number of carbonyl (C=O) groups is 1. The van der Waals surface area contributed by atoms with Crippen LogP contribution in [-0.2, 0) is 11.0 Å². The maximum Gasteiger partial charge on any atom is 0.417 e. The molecule has 3 aromatic rings. The molecule has 9 heteroatoms. The van der Waals surface area contributed by atoms with Crippen LogP contribution in [0, 0.1) is 5.92 Å². The summed E-state index contributed by atoms with van der Waals surface area (Å²) in [5, 5.41) is 8.18. The maximum atomic E-state index is 13.1. The lowest BCUT2D eigenvalue weighted by Crippen LogP contribution is -2.42. The van der Waals surface area contributed by atoms with Gasteiger partial charge in [-0.15, -0.1) is 22.0 Å². The number of fused-ring (bicyclic) bond motifs is 1. The van der Waals surface area contributed by atoms with E-state index in [4.69, 9.17) is 0 Å². The normalized spacial score (nSPS) is 18.3. The van der Waals surface area contributed by atoms with Crippen molar-refractivity contribution >= 4 is 23.3 Å². The average Bonchev–Trinajstić information content (AvgIpc) is 3.20. The molecule has 1 amide bonds. The summed E-state index contributed by atoms with van der Waals surface area (Å²) in [5.41, 5.74) is -0.365. The lowest BCUT2D eigenvalue weighted by Gasteiger charge is -2.33. The molecule has 31 heavy (non-hydrogen) atoms. The molecule has 2 unspecified atom stereocenters. The zero-order chi connectivity index (χ0) is 22.0. The van der Waals surface area contributed by atoms with Crippen molar-refractivity contribution in [1.82, 2.24) is 19.5 Å². The number of aromatic nitrogens is 3. The molecule has 3 heterocycles. The molecule has 4 rings (SSSR count). The lowest BCUT2D eigenvalue weighted by molar-refractivity contribution is -0.138. The first-order valence-electron chi connectivity index (χ1n) is 10.2. The van der Waals surface area contributed by atoms with Crippen molar-refractivity contribution < 1.29 is 18.0 Å². The van der Waals surface area contributed by atoms with Crippen molar-refractivity contribution in [2.45, 2.75) is 36.8 Å². The zero-order valence-corrected chi connectivity index (χ0v) is 17.9. The highest BCUT2D eigenvalue weighted by molar-refractivity contribution is 7.99. The molecule has 0 spiro atoms. The number of piperidine rings is 1. The van der Waals surface area contributed by atoms with Gasteiger partial charge >= 0.3 is 6.18 Å². The van der Waals surface area contributed by atoms with E-state index in [-0.39, 0.29) is 17.7 Å². The van der Waals surface area contributed by atoms with Crippen LogP contribution in [0.15, 0.2) is 53.6 Å². The third-order valence-corrected chi connectivity index (χ3v) is 6.79. The Balaban J connectivity index is 1.46. The van der Waals surface area contributed by atoms with Crippen LogP contribution >= 0.6 is 11.8 Å². The molecule has 1 aliphatic heterocycles. The number of likely N-dealkylation sites (tertiary alicyclic amines) is 1. The van der Waals surface area contributed by atoms with Gasteiger partial charge < -0.3 is 4.90 Å². The Morgan fingerprint density at radius 3 is 2.71 bits per heavy atom. The van der Waals surface area contributed by atoms with Crippen LogP contribution in [-0.4, -0.2) is 44.2 Å². The molecule has 2 aromatic heterocycles. The van der Waals surface area contributed by atoms with Crippen molar-refractivity contribution in [3.63, 3.8) is 0 Å². The van der Waals surface area contributed by atoms with Gasteiger partial charge in [0, 0.05) is 41.8 Å². The van der Waals surface area contributed by atoms with Crippen molar-refractivity contribution in [2.75, 3.05) is 18.8 Å². The summed E-state index contributed by atoms with van der Waals surface area (Å²) in [7, 11) is 0. The van der Waals surface area contributed by atoms with Gasteiger partial charge in [0.1, 0.15) is 5.82 Å². The third-order valence-electron chi connectivity index (χ3n) is 5.52. The van der Waals surface area contributed by atoms with E-state index in [1.807, 2.05) is 42.2 Å². The molecule has 0 radical (unpaired) electrons. The van der Waals surface area contributed by atoms with Crippen LogP contribution in [0.1, 0.15) is 37.1 Å². The minimum Gasteiger partial charge on any atom is -0.342 e. The third kappa shape index (κ3) is 4.87. The molecule has 164 valence electrons. The number of hydrogen-bond acceptors (Lipinski definition) is 4. The largest absolute Gasteiger partial charge is 0.417 e. The van der Waals surface area contributed by atoms with E-state index in [9.17, 15) is 18.0 Å². The van der Waals surface area contributed by atoms with E-state index >= 15 is 0 Å². The molecule has 0 saturated carbocycles. The number of benzene rings is 1. The van der Waals surface area contributed by atoms with Crippen molar-refractivity contribution in [2.24, 2.45) is 5.92 Å². The van der Waals surface area contributed by atoms with Gasteiger partial charge in [-0.2, -0.15) is 13.2 Å². The fourth-order valence-corrected chi connectivity index (χ4v) is 4.80. The molecular weight excluding hydrogens is 425 g/mol. The van der Waals surface area contributed by atoms with Gasteiger partial charge in [0.05, 0.1) is 5.56 Å². The lowest BCUT2D eigenvalue weighted by atomic mass is 9.96. The van der Waals surface area contributed by atoms with Crippen LogP contribution in [0.4, 0.5) is 13.2 Å². The topological polar surface area (TPSA) is 50.5 Å². The van der Waals surface area contributed by atoms with Gasteiger partial charge in [0.2, 0.25) is 5.91 Å². The number of thioether (sulfide) groups is 1. The first-order chi connectivity index (χ1) is 14.8. The van der Waals surface area contributed by atoms with E-state index in [2.05, 4.69) is 10.2 Å². The Labute approximate surface area is 182 Å². The van der Waals surface area contributed by atoms with Gasteiger partial charge in [0.15, 0.2) is 5.65 Å². The van der Waals surface area contributed by atoms with Gasteiger partial charge in [0.25, 0.3) is 0 Å². The number of pyridine rings is 1. The van der Waals surface area contributed by atoms with Crippen molar-refractivity contribution in [3.05, 3.63) is 60.0 Å². The van der Waals surface area contributed by atoms with Crippen LogP contribution < -0.4 is 0 Å². The standard InChI is InChI=1S/C22H23F3N4OS/c1-15(14-31-18-7-3-2-4-8-18)21(30)28-11-5-6-16(12-28)20-27-26-19-10-9-17(13-29(19)20)22(23,24)25/h2-4,7-10,13,15-16H,5-6,11-12,14H2,1H3. The predicted molar refractivity (Wildman–Crippen MR) is 113 cm³/mol. The summed E-state index contributed by atoms with van der Waals surface area (Å²) < 4.78 is 40.8. The molecule has 1 aromatic carbocycles. The number of halogens is 3. The Hall–Kier alpha value is -2.55. The van der Waals surface area contributed by atoms with Crippen LogP contribution in [0.5, 0.6) is 0 Å². The Morgan fingerprint density at radius 1 is 1.19 bits per heavy atom. The molecule has 1 fully saturated rings. The van der Waals surface area contributed by atoms with Crippen molar-refractivity contribution in [3.8, 4) is 0 Å². The summed E-state index contributed by atoms with van der Waals surface area (Å²) >= 11 is 1.64. The van der Waals surface area contributed by atoms with Crippen LogP contribution in [0.25, 0.3) is 5.65 Å². The molecule has 1 saturated heterocycles. The second-order valence-electron chi connectivity index (χ2n) is 7.85. The number of rotatable bonds is 5. The molecule has 0 aliphatic carbocycles. The minimum atomic E-state index is -4.43. The van der Waals surface area contributed by atoms with E-state index in [0.29, 0.717) is 30.3 Å². The highest BCUT2D eigenvalue weighted by Crippen LogP contribution is 2.32. The predicted octanol–water partition coefficient (Wildman–Crippen LogP) is 4.88. The number of hydrogen-bond donors (Lipinski definition) is 0. The summed E-state index contributed by atoms with van der Waals surface area (Å²) in [6, 6.07) is 12.3. The van der Waals surface area contributed by atoms with Gasteiger partial charge in [-0.05, 0) is 37.1 Å². The summed E-state index contributed by atoms with van der Waals surface area (Å²) in [6.07, 6.45) is -1.85. The number of carbonyl (C=O) groups excluding carboxylic acids is 1. The Bertz CT molecular complexity index is 1050. The second-order valence-corrected chi connectivity index (χ2v) is 8.94. The average molecular weight is 449 g/mol. The Kier molecular flexibility index (Phi) is 6.22. The fraction of sp³-hybridized carbons (Fsp3) is 0.409. The van der Waals surface area contributed by atoms with E-state index < -0.39 is 11.7 Å². The zero-order valence-electron chi connectivity index (χ0n) is 17.0. The first-order valence-corrected chi connectivity index (χ1v) is 11.2. The quantitative estimate of drug-likeness (QED) is 0.522. The van der Waals surface area contributed by atoms with Gasteiger partial charge in [-0.1, -0.05) is 25.1 Å². The molecule has 0 bridgehead atoms. The number of alkyl halides is 3. The maximum absolute atomic E-state index is 13.1. The smallest absolute Gasteiger partial charge is 0.342 e. The van der Waals surface area contributed by atoms with Gasteiger partial charge in [-0.25, -0.2) is 0 Å². The monoisotopic (exact) mass is 448 g/mol. The SMILES string of the molecule is CC(CSc1ccccc1)C(=O)N1CCCC(c2nnc3ccc(C(F)(F)F)cn23)C1. The number of nitrogens with zero attached hydrogens (tertiary/aromatic N) is 4. The molecular formula is C22H23F3N4OS. The molecule has 5 nitrogen and oxygen atoms in total. The summed E-state index contributed by atoms with van der Waals surface area (Å²) in [5.74, 6) is 0.913. The molecule has 1 aliphatic rings. The molecule has 2 atom stereocenters. The Morgan fingerprint density at radius 2 is 1.97 bits per heavy atom. The summed E-state index contributed by atoms with van der Waals surface area (Å²) in [4.78, 5) is 15.9. The highest BCUT2D eigenvalue weighted by atomic mass is 32.2. The molecule has 0 N–H and O–H groups in total. The van der Waals surface area contributed by atoms with Gasteiger partial charge in [-0.3, -0.25) is 9.20 Å². The first kappa shape index (κ1) is 21.7. The highest BCUT2D eigenvalue weighted by Gasteiger charge is 2.33. The van der Waals surface area contributed by atoms with Crippen molar-refractivity contribution in [1.29, 1.82) is 0 Å². The van der Waals surface area contributed by atoms with E-state index in [1.165, 1.54) is 10.5 Å². The summed E-state index contributed by atoms with van der Waals surface area (Å²) in [6.45, 7) is 3.01.